The minimum Gasteiger partial charge on any atom is -0.389 e. The number of unbranched alkanes of at least 4 members (excludes halogenated alkanes) is 18. The Labute approximate surface area is 208 Å². The van der Waals surface area contributed by atoms with E-state index >= 15 is 0 Å². The fraction of sp³-hybridized carbons (Fsp3) is 0.885. The van der Waals surface area contributed by atoms with Crippen molar-refractivity contribution in [3.63, 3.8) is 0 Å². The third-order valence-electron chi connectivity index (χ3n) is 6.03. The number of nitrogens with one attached hydrogen (secondary N) is 1. The average Bonchev–Trinajstić information content (AvgIpc) is 2.79. The van der Waals surface area contributed by atoms with Gasteiger partial charge in [0.2, 0.25) is 5.91 Å². The molecule has 0 aromatic rings. The lowest BCUT2D eigenvalue weighted by atomic mass is 10.0. The third-order valence-corrected chi connectivity index (χ3v) is 6.52. The minimum atomic E-state index is -4.59. The minimum absolute atomic E-state index is 0.0739. The van der Waals surface area contributed by atoms with Crippen LogP contribution in [0, 0.1) is 0 Å². The van der Waals surface area contributed by atoms with Crippen molar-refractivity contribution in [1.82, 2.24) is 5.32 Å². The predicted octanol–water partition coefficient (Wildman–Crippen LogP) is 6.56. The van der Waals surface area contributed by atoms with Crippen molar-refractivity contribution in [1.29, 1.82) is 0 Å². The maximum Gasteiger partial charge on any atom is 0.469 e. The molecule has 0 saturated carbocycles. The van der Waals surface area contributed by atoms with Crippen molar-refractivity contribution < 1.29 is 28.8 Å². The third kappa shape index (κ3) is 27.5. The highest BCUT2D eigenvalue weighted by Gasteiger charge is 2.17. The molecule has 0 aromatic heterocycles. The van der Waals surface area contributed by atoms with E-state index < -0.39 is 20.5 Å². The Hall–Kier alpha value is -0.720. The summed E-state index contributed by atoms with van der Waals surface area (Å²) >= 11 is 0. The van der Waals surface area contributed by atoms with Gasteiger partial charge in [0.05, 0.1) is 12.7 Å². The highest BCUT2D eigenvalue weighted by molar-refractivity contribution is 7.46. The molecule has 4 N–H and O–H groups in total. The van der Waals surface area contributed by atoms with Gasteiger partial charge in [-0.1, -0.05) is 109 Å². The Bertz CT molecular complexity index is 525. The number of hydrogen-bond donors (Lipinski definition) is 4. The first-order valence-corrected chi connectivity index (χ1v) is 15.1. The number of phosphoric ester groups is 1. The molecule has 0 fully saturated rings. The van der Waals surface area contributed by atoms with Crippen LogP contribution in [-0.2, 0) is 13.9 Å². The summed E-state index contributed by atoms with van der Waals surface area (Å²) in [6.45, 7) is 3.18. The van der Waals surface area contributed by atoms with Crippen LogP contribution in [0.15, 0.2) is 12.7 Å². The van der Waals surface area contributed by atoms with Crippen LogP contribution in [0.5, 0.6) is 0 Å². The number of carbonyl (C=O) groups excluding carboxylic acids is 1. The molecule has 1 amide bonds. The topological polar surface area (TPSA) is 116 Å². The zero-order valence-electron chi connectivity index (χ0n) is 21.4. The summed E-state index contributed by atoms with van der Waals surface area (Å²) in [5.74, 6) is -0.158. The Morgan fingerprint density at radius 1 is 0.765 bits per heavy atom. The number of allylic oxidation sites excluding steroid dienone is 1. The lowest BCUT2D eigenvalue weighted by molar-refractivity contribution is -0.121. The van der Waals surface area contributed by atoms with Gasteiger partial charge in [0.1, 0.15) is 0 Å². The van der Waals surface area contributed by atoms with Gasteiger partial charge in [0.15, 0.2) is 0 Å². The summed E-state index contributed by atoms with van der Waals surface area (Å²) in [4.78, 5) is 28.8. The van der Waals surface area contributed by atoms with E-state index in [9.17, 15) is 14.5 Å². The van der Waals surface area contributed by atoms with Crippen LogP contribution in [0.3, 0.4) is 0 Å². The molecule has 1 unspecified atom stereocenters. The summed E-state index contributed by atoms with van der Waals surface area (Å²) in [5.41, 5.74) is 0. The molecule has 7 nitrogen and oxygen atoms in total. The lowest BCUT2D eigenvalue weighted by Gasteiger charge is -2.12. The molecule has 0 rings (SSSR count). The van der Waals surface area contributed by atoms with Gasteiger partial charge < -0.3 is 20.2 Å². The zero-order valence-corrected chi connectivity index (χ0v) is 22.3. The number of amides is 1. The number of aliphatic hydroxyl groups is 1. The SMILES string of the molecule is C=CCCCCCCCCCCCCCCCCCCCCC(=O)NCC(O)COP(=O)(O)O. The second kappa shape index (κ2) is 24.0. The van der Waals surface area contributed by atoms with Gasteiger partial charge in [-0.25, -0.2) is 4.57 Å². The summed E-state index contributed by atoms with van der Waals surface area (Å²) in [5, 5.41) is 12.1. The van der Waals surface area contributed by atoms with Crippen LogP contribution in [0.4, 0.5) is 0 Å². The molecule has 34 heavy (non-hydrogen) atoms. The molecule has 0 bridgehead atoms. The summed E-state index contributed by atoms with van der Waals surface area (Å²) in [7, 11) is -4.59. The van der Waals surface area contributed by atoms with E-state index in [1.54, 1.807) is 0 Å². The molecule has 0 saturated heterocycles. The van der Waals surface area contributed by atoms with Gasteiger partial charge in [-0.2, -0.15) is 0 Å². The molecule has 8 heteroatoms. The number of aliphatic hydroxyl groups excluding tert-OH is 1. The molecule has 1 atom stereocenters. The number of hydrogen-bond acceptors (Lipinski definition) is 4. The Morgan fingerprint density at radius 2 is 1.15 bits per heavy atom. The largest absolute Gasteiger partial charge is 0.469 e. The summed E-state index contributed by atoms with van der Waals surface area (Å²) in [6, 6.07) is 0. The van der Waals surface area contributed by atoms with Crippen molar-refractivity contribution >= 4 is 13.7 Å². The first-order chi connectivity index (χ1) is 16.3. The van der Waals surface area contributed by atoms with Crippen LogP contribution in [0.2, 0.25) is 0 Å². The average molecular weight is 506 g/mol. The molecule has 0 heterocycles. The van der Waals surface area contributed by atoms with Gasteiger partial charge >= 0.3 is 7.82 Å². The van der Waals surface area contributed by atoms with Crippen LogP contribution in [-0.4, -0.2) is 40.1 Å². The quantitative estimate of drug-likeness (QED) is 0.0601. The standard InChI is InChI=1S/C26H52NO6P/c1-2-3-4-5-6-7-8-9-10-11-12-13-14-15-16-17-18-19-20-21-22-26(29)27-23-25(28)24-33-34(30,31)32/h2,25,28H,1,3-24H2,(H,27,29)(H2,30,31,32). The molecule has 0 aromatic carbocycles. The molecule has 0 radical (unpaired) electrons. The van der Waals surface area contributed by atoms with E-state index in [1.807, 2.05) is 6.08 Å². The van der Waals surface area contributed by atoms with Gasteiger partial charge in [-0.15, -0.1) is 6.58 Å². The van der Waals surface area contributed by atoms with Crippen molar-refractivity contribution in [2.75, 3.05) is 13.2 Å². The van der Waals surface area contributed by atoms with E-state index in [2.05, 4.69) is 16.4 Å². The van der Waals surface area contributed by atoms with Crippen molar-refractivity contribution in [3.05, 3.63) is 12.7 Å². The van der Waals surface area contributed by atoms with Crippen LogP contribution >= 0.6 is 7.82 Å². The second-order valence-electron chi connectivity index (χ2n) is 9.44. The number of rotatable bonds is 26. The van der Waals surface area contributed by atoms with Crippen LogP contribution in [0.1, 0.15) is 128 Å². The fourth-order valence-corrected chi connectivity index (χ4v) is 4.33. The predicted molar refractivity (Wildman–Crippen MR) is 140 cm³/mol. The Kier molecular flexibility index (Phi) is 23.5. The molecule has 0 spiro atoms. The number of phosphoric acid groups is 1. The number of carbonyl (C=O) groups is 1. The smallest absolute Gasteiger partial charge is 0.389 e. The Morgan fingerprint density at radius 3 is 1.53 bits per heavy atom. The molecule has 202 valence electrons. The first-order valence-electron chi connectivity index (χ1n) is 13.6. The van der Waals surface area contributed by atoms with Gasteiger partial charge in [0, 0.05) is 13.0 Å². The van der Waals surface area contributed by atoms with E-state index in [0.717, 1.165) is 19.3 Å². The molecular formula is C26H52NO6P. The fourth-order valence-electron chi connectivity index (χ4n) is 3.96. The molecule has 0 aliphatic heterocycles. The van der Waals surface area contributed by atoms with E-state index in [1.165, 1.54) is 103 Å². The summed E-state index contributed by atoms with van der Waals surface area (Å²) in [6.07, 6.45) is 25.7. The highest BCUT2D eigenvalue weighted by Crippen LogP contribution is 2.35. The van der Waals surface area contributed by atoms with E-state index in [-0.39, 0.29) is 12.5 Å². The van der Waals surface area contributed by atoms with Crippen molar-refractivity contribution in [2.24, 2.45) is 0 Å². The van der Waals surface area contributed by atoms with E-state index in [4.69, 9.17) is 9.79 Å². The zero-order chi connectivity index (χ0) is 25.3. The van der Waals surface area contributed by atoms with Crippen LogP contribution < -0.4 is 5.32 Å². The first kappa shape index (κ1) is 33.3. The normalized spacial score (nSPS) is 12.6. The monoisotopic (exact) mass is 505 g/mol. The van der Waals surface area contributed by atoms with Crippen molar-refractivity contribution in [3.8, 4) is 0 Å². The Balaban J connectivity index is 3.24. The van der Waals surface area contributed by atoms with Crippen molar-refractivity contribution in [2.45, 2.75) is 135 Å². The molecular weight excluding hydrogens is 453 g/mol. The van der Waals surface area contributed by atoms with E-state index in [0.29, 0.717) is 6.42 Å². The highest BCUT2D eigenvalue weighted by atomic mass is 31.2. The molecule has 0 aliphatic carbocycles. The second-order valence-corrected chi connectivity index (χ2v) is 10.7. The lowest BCUT2D eigenvalue weighted by Crippen LogP contribution is -2.34. The van der Waals surface area contributed by atoms with Crippen LogP contribution in [0.25, 0.3) is 0 Å². The summed E-state index contributed by atoms with van der Waals surface area (Å²) < 4.78 is 14.7. The van der Waals surface area contributed by atoms with Gasteiger partial charge in [-0.05, 0) is 19.3 Å². The molecule has 0 aliphatic rings. The maximum atomic E-state index is 11.7. The van der Waals surface area contributed by atoms with Gasteiger partial charge in [-0.3, -0.25) is 9.32 Å². The van der Waals surface area contributed by atoms with Gasteiger partial charge in [0.25, 0.3) is 0 Å². The maximum absolute atomic E-state index is 11.7.